The fraction of sp³-hybridized carbons (Fsp3) is 0.143. The van der Waals surface area contributed by atoms with Gasteiger partial charge in [0, 0.05) is 22.5 Å². The van der Waals surface area contributed by atoms with Crippen LogP contribution in [0.4, 0.5) is 11.4 Å². The van der Waals surface area contributed by atoms with E-state index in [-0.39, 0.29) is 34.1 Å². The van der Waals surface area contributed by atoms with E-state index < -0.39 is 0 Å². The van der Waals surface area contributed by atoms with Crippen LogP contribution in [0, 0.1) is 0 Å². The second-order valence-electron chi connectivity index (χ2n) is 4.25. The van der Waals surface area contributed by atoms with Gasteiger partial charge in [-0.1, -0.05) is 13.2 Å². The van der Waals surface area contributed by atoms with E-state index in [2.05, 4.69) is 13.2 Å². The van der Waals surface area contributed by atoms with Crippen LogP contribution in [0.1, 0.15) is 34.6 Å². The van der Waals surface area contributed by atoms with Gasteiger partial charge in [-0.3, -0.25) is 9.59 Å². The number of hydrogen-bond donors (Lipinski definition) is 2. The summed E-state index contributed by atoms with van der Waals surface area (Å²) < 4.78 is 0. The SMILES string of the molecule is C=C(C)C(=O)c1cc(C(=O)C(=C)C)c(N)cc1N. The lowest BCUT2D eigenvalue weighted by Crippen LogP contribution is -2.11. The lowest BCUT2D eigenvalue weighted by molar-refractivity contribution is 0.103. The Morgan fingerprint density at radius 3 is 1.50 bits per heavy atom. The quantitative estimate of drug-likeness (QED) is 0.483. The number of carbonyl (C=O) groups is 2. The number of nitrogens with two attached hydrogens (primary N) is 2. The van der Waals surface area contributed by atoms with E-state index in [4.69, 9.17) is 11.5 Å². The fourth-order valence-electron chi connectivity index (χ4n) is 1.49. The first-order valence-electron chi connectivity index (χ1n) is 5.35. The Hall–Kier alpha value is -2.36. The Labute approximate surface area is 106 Å². The molecule has 1 aromatic rings. The van der Waals surface area contributed by atoms with Crippen molar-refractivity contribution in [2.75, 3.05) is 11.5 Å². The number of benzene rings is 1. The number of hydrogen-bond acceptors (Lipinski definition) is 4. The molecule has 0 bridgehead atoms. The van der Waals surface area contributed by atoms with E-state index in [9.17, 15) is 9.59 Å². The van der Waals surface area contributed by atoms with Gasteiger partial charge in [-0.15, -0.1) is 0 Å². The van der Waals surface area contributed by atoms with Crippen molar-refractivity contribution in [1.29, 1.82) is 0 Å². The number of Topliss-reactive ketones (excluding diaryl/α,β-unsaturated/α-hetero) is 2. The molecule has 0 atom stereocenters. The molecule has 0 aliphatic heterocycles. The average molecular weight is 244 g/mol. The van der Waals surface area contributed by atoms with Crippen LogP contribution in [-0.4, -0.2) is 11.6 Å². The Morgan fingerprint density at radius 2 is 1.22 bits per heavy atom. The summed E-state index contributed by atoms with van der Waals surface area (Å²) in [5.74, 6) is -0.605. The minimum Gasteiger partial charge on any atom is -0.398 e. The van der Waals surface area contributed by atoms with Crippen molar-refractivity contribution in [3.63, 3.8) is 0 Å². The molecule has 0 heterocycles. The fourth-order valence-corrected chi connectivity index (χ4v) is 1.49. The van der Waals surface area contributed by atoms with Crippen molar-refractivity contribution in [2.24, 2.45) is 0 Å². The topological polar surface area (TPSA) is 86.2 Å². The zero-order valence-corrected chi connectivity index (χ0v) is 10.5. The molecular weight excluding hydrogens is 228 g/mol. The van der Waals surface area contributed by atoms with Gasteiger partial charge in [0.05, 0.1) is 0 Å². The highest BCUT2D eigenvalue weighted by atomic mass is 16.1. The first-order valence-corrected chi connectivity index (χ1v) is 5.35. The number of carbonyl (C=O) groups excluding carboxylic acids is 2. The predicted molar refractivity (Wildman–Crippen MR) is 73.6 cm³/mol. The third-order valence-electron chi connectivity index (χ3n) is 2.49. The highest BCUT2D eigenvalue weighted by Gasteiger charge is 2.17. The van der Waals surface area contributed by atoms with Crippen molar-refractivity contribution in [2.45, 2.75) is 13.8 Å². The van der Waals surface area contributed by atoms with E-state index in [1.165, 1.54) is 12.1 Å². The molecule has 0 unspecified atom stereocenters. The highest BCUT2D eigenvalue weighted by Crippen LogP contribution is 2.24. The first-order chi connectivity index (χ1) is 8.25. The molecule has 18 heavy (non-hydrogen) atoms. The molecule has 0 aliphatic rings. The van der Waals surface area contributed by atoms with Crippen molar-refractivity contribution >= 4 is 22.9 Å². The molecule has 0 aliphatic carbocycles. The molecule has 0 aromatic heterocycles. The van der Waals surface area contributed by atoms with Crippen LogP contribution >= 0.6 is 0 Å². The molecule has 1 aromatic carbocycles. The molecule has 4 nitrogen and oxygen atoms in total. The largest absolute Gasteiger partial charge is 0.398 e. The Morgan fingerprint density at radius 1 is 0.889 bits per heavy atom. The smallest absolute Gasteiger partial charge is 0.190 e. The van der Waals surface area contributed by atoms with Gasteiger partial charge in [-0.05, 0) is 37.1 Å². The van der Waals surface area contributed by atoms with Gasteiger partial charge < -0.3 is 11.5 Å². The van der Waals surface area contributed by atoms with Crippen LogP contribution in [0.25, 0.3) is 0 Å². The monoisotopic (exact) mass is 244 g/mol. The molecule has 1 rings (SSSR count). The zero-order chi connectivity index (χ0) is 14.0. The van der Waals surface area contributed by atoms with Crippen molar-refractivity contribution in [3.8, 4) is 0 Å². The minimum absolute atomic E-state index is 0.235. The Balaban J connectivity index is 3.44. The van der Waals surface area contributed by atoms with Crippen molar-refractivity contribution < 1.29 is 9.59 Å². The third-order valence-corrected chi connectivity index (χ3v) is 2.49. The molecule has 0 saturated carbocycles. The molecule has 0 amide bonds. The van der Waals surface area contributed by atoms with Gasteiger partial charge >= 0.3 is 0 Å². The summed E-state index contributed by atoms with van der Waals surface area (Å²) in [5, 5.41) is 0. The maximum Gasteiger partial charge on any atom is 0.190 e. The van der Waals surface area contributed by atoms with Gasteiger partial charge in [0.1, 0.15) is 0 Å². The van der Waals surface area contributed by atoms with Crippen molar-refractivity contribution in [3.05, 3.63) is 47.6 Å². The molecular formula is C14H16N2O2. The summed E-state index contributed by atoms with van der Waals surface area (Å²) in [5.41, 5.74) is 13.1. The minimum atomic E-state index is -0.303. The van der Waals surface area contributed by atoms with Crippen LogP contribution in [0.2, 0.25) is 0 Å². The summed E-state index contributed by atoms with van der Waals surface area (Å²) in [6, 6.07) is 2.81. The predicted octanol–water partition coefficient (Wildman–Crippen LogP) is 2.37. The molecule has 94 valence electrons. The summed E-state index contributed by atoms with van der Waals surface area (Å²) in [4.78, 5) is 23.7. The van der Waals surface area contributed by atoms with Crippen molar-refractivity contribution in [1.82, 2.24) is 0 Å². The normalized spacial score (nSPS) is 9.89. The summed E-state index contributed by atoms with van der Waals surface area (Å²) in [7, 11) is 0. The van der Waals surface area contributed by atoms with Gasteiger partial charge in [0.25, 0.3) is 0 Å². The van der Waals surface area contributed by atoms with E-state index in [1.54, 1.807) is 13.8 Å². The highest BCUT2D eigenvalue weighted by molar-refractivity contribution is 6.16. The zero-order valence-electron chi connectivity index (χ0n) is 10.5. The lowest BCUT2D eigenvalue weighted by Gasteiger charge is -2.10. The van der Waals surface area contributed by atoms with E-state index in [0.29, 0.717) is 11.1 Å². The van der Waals surface area contributed by atoms with E-state index >= 15 is 0 Å². The number of nitrogen functional groups attached to an aromatic ring is 2. The van der Waals surface area contributed by atoms with Gasteiger partial charge in [-0.25, -0.2) is 0 Å². The Kier molecular flexibility index (Phi) is 3.71. The number of ketones is 2. The number of rotatable bonds is 4. The molecule has 4 heteroatoms. The lowest BCUT2D eigenvalue weighted by atomic mass is 9.96. The van der Waals surface area contributed by atoms with Crippen LogP contribution in [0.3, 0.4) is 0 Å². The van der Waals surface area contributed by atoms with E-state index in [1.807, 2.05) is 0 Å². The second kappa shape index (κ2) is 4.87. The summed E-state index contributed by atoms with van der Waals surface area (Å²) in [6.45, 7) is 10.3. The number of allylic oxidation sites excluding steroid dienone is 2. The van der Waals surface area contributed by atoms with Gasteiger partial charge in [-0.2, -0.15) is 0 Å². The maximum atomic E-state index is 11.9. The second-order valence-corrected chi connectivity index (χ2v) is 4.25. The van der Waals surface area contributed by atoms with Crippen LogP contribution in [0.15, 0.2) is 36.4 Å². The average Bonchev–Trinajstić information content (AvgIpc) is 2.27. The molecule has 0 spiro atoms. The molecule has 4 N–H and O–H groups in total. The molecule has 0 saturated heterocycles. The van der Waals surface area contributed by atoms with Crippen LogP contribution < -0.4 is 11.5 Å². The molecule has 0 radical (unpaired) electrons. The summed E-state index contributed by atoms with van der Waals surface area (Å²) >= 11 is 0. The van der Waals surface area contributed by atoms with Crippen LogP contribution in [-0.2, 0) is 0 Å². The first kappa shape index (κ1) is 13.7. The Bertz CT molecular complexity index is 524. The van der Waals surface area contributed by atoms with E-state index in [0.717, 1.165) is 0 Å². The standard InChI is InChI=1S/C14H16N2O2/c1-7(2)13(17)9-5-10(14(18)8(3)4)12(16)6-11(9)15/h5-6H,1,3,15-16H2,2,4H3. The van der Waals surface area contributed by atoms with Crippen LogP contribution in [0.5, 0.6) is 0 Å². The van der Waals surface area contributed by atoms with Gasteiger partial charge in [0.2, 0.25) is 0 Å². The number of anilines is 2. The van der Waals surface area contributed by atoms with Gasteiger partial charge in [0.15, 0.2) is 11.6 Å². The third kappa shape index (κ3) is 2.48. The summed E-state index contributed by atoms with van der Waals surface area (Å²) in [6.07, 6.45) is 0. The molecule has 0 fully saturated rings. The maximum absolute atomic E-state index is 11.9.